The zero-order chi connectivity index (χ0) is 13.1. The third-order valence-corrected chi connectivity index (χ3v) is 3.57. The van der Waals surface area contributed by atoms with Crippen molar-refractivity contribution in [3.8, 4) is 0 Å². The number of carbonyl (C=O) groups excluding carboxylic acids is 1. The first-order valence-corrected chi connectivity index (χ1v) is 6.53. The number of likely N-dealkylation sites (N-methyl/N-ethyl adjacent to an activating group) is 1. The Hall–Kier alpha value is -1.36. The van der Waals surface area contributed by atoms with Gasteiger partial charge in [-0.05, 0) is 40.2 Å². The Balaban J connectivity index is 2.21. The van der Waals surface area contributed by atoms with Crippen LogP contribution >= 0.6 is 0 Å². The van der Waals surface area contributed by atoms with Gasteiger partial charge in [-0.15, -0.1) is 0 Å². The van der Waals surface area contributed by atoms with Crippen molar-refractivity contribution in [1.29, 1.82) is 0 Å². The molecule has 1 aliphatic rings. The number of piperidine rings is 1. The summed E-state index contributed by atoms with van der Waals surface area (Å²) in [6.45, 7) is 5.29. The van der Waals surface area contributed by atoms with E-state index in [0.29, 0.717) is 17.0 Å². The molecule has 1 N–H and O–H groups in total. The van der Waals surface area contributed by atoms with Gasteiger partial charge in [0.25, 0.3) is 5.91 Å². The van der Waals surface area contributed by atoms with Crippen LogP contribution in [0.3, 0.4) is 0 Å². The molecule has 1 fully saturated rings. The van der Waals surface area contributed by atoms with Crippen LogP contribution in [0, 0.1) is 13.8 Å². The lowest BCUT2D eigenvalue weighted by Crippen LogP contribution is -2.48. The number of aryl methyl sites for hydroxylation is 2. The molecule has 18 heavy (non-hydrogen) atoms. The third kappa shape index (κ3) is 2.41. The monoisotopic (exact) mass is 251 g/mol. The number of amides is 1. The number of aromatic nitrogens is 1. The van der Waals surface area contributed by atoms with E-state index in [-0.39, 0.29) is 11.9 Å². The summed E-state index contributed by atoms with van der Waals surface area (Å²) in [7, 11) is 1.92. The zero-order valence-electron chi connectivity index (χ0n) is 11.3. The van der Waals surface area contributed by atoms with Gasteiger partial charge in [-0.25, -0.2) is 0 Å². The molecule has 1 aromatic rings. The van der Waals surface area contributed by atoms with Crippen molar-refractivity contribution in [1.82, 2.24) is 15.4 Å². The quantitative estimate of drug-likeness (QED) is 0.884. The number of nitrogens with one attached hydrogen (secondary N) is 1. The van der Waals surface area contributed by atoms with Crippen molar-refractivity contribution in [2.45, 2.75) is 39.2 Å². The maximum Gasteiger partial charge on any atom is 0.259 e. The average molecular weight is 251 g/mol. The summed E-state index contributed by atoms with van der Waals surface area (Å²) in [6.07, 6.45) is 3.34. The number of carbonyl (C=O) groups is 1. The van der Waals surface area contributed by atoms with E-state index < -0.39 is 0 Å². The minimum absolute atomic E-state index is 0.0613. The van der Waals surface area contributed by atoms with Gasteiger partial charge in [-0.1, -0.05) is 5.16 Å². The lowest BCUT2D eigenvalue weighted by atomic mass is 10.0. The van der Waals surface area contributed by atoms with Gasteiger partial charge in [0.15, 0.2) is 0 Å². The van der Waals surface area contributed by atoms with Crippen LogP contribution in [0.1, 0.15) is 41.1 Å². The highest BCUT2D eigenvalue weighted by Gasteiger charge is 2.30. The van der Waals surface area contributed by atoms with E-state index >= 15 is 0 Å². The van der Waals surface area contributed by atoms with Gasteiger partial charge >= 0.3 is 0 Å². The van der Waals surface area contributed by atoms with Crippen LogP contribution in [0.2, 0.25) is 0 Å². The highest BCUT2D eigenvalue weighted by atomic mass is 16.5. The zero-order valence-corrected chi connectivity index (χ0v) is 11.3. The maximum absolute atomic E-state index is 12.6. The lowest BCUT2D eigenvalue weighted by molar-refractivity contribution is 0.0612. The topological polar surface area (TPSA) is 58.4 Å². The molecule has 1 saturated heterocycles. The first-order valence-electron chi connectivity index (χ1n) is 6.53. The fourth-order valence-corrected chi connectivity index (χ4v) is 2.65. The molecule has 5 heteroatoms. The largest absolute Gasteiger partial charge is 0.361 e. The van der Waals surface area contributed by atoms with Crippen LogP contribution in [0.15, 0.2) is 4.52 Å². The summed E-state index contributed by atoms with van der Waals surface area (Å²) in [5, 5.41) is 7.03. The van der Waals surface area contributed by atoms with Gasteiger partial charge in [0.05, 0.1) is 5.69 Å². The Morgan fingerprint density at radius 2 is 2.28 bits per heavy atom. The molecule has 5 nitrogen and oxygen atoms in total. The van der Waals surface area contributed by atoms with E-state index in [4.69, 9.17) is 4.52 Å². The molecular formula is C13H21N3O2. The molecule has 0 spiro atoms. The van der Waals surface area contributed by atoms with Gasteiger partial charge in [0.2, 0.25) is 0 Å². The molecule has 1 amide bonds. The predicted molar refractivity (Wildman–Crippen MR) is 68.6 cm³/mol. The second-order valence-corrected chi connectivity index (χ2v) is 4.91. The minimum Gasteiger partial charge on any atom is -0.361 e. The molecular weight excluding hydrogens is 230 g/mol. The molecule has 100 valence electrons. The smallest absolute Gasteiger partial charge is 0.259 e. The van der Waals surface area contributed by atoms with Crippen LogP contribution in [0.5, 0.6) is 0 Å². The molecule has 1 atom stereocenters. The molecule has 0 saturated carbocycles. The summed E-state index contributed by atoms with van der Waals surface area (Å²) in [5.41, 5.74) is 1.32. The molecule has 1 aromatic heterocycles. The minimum atomic E-state index is 0.0613. The lowest BCUT2D eigenvalue weighted by Gasteiger charge is -2.35. The van der Waals surface area contributed by atoms with Crippen LogP contribution < -0.4 is 5.32 Å². The normalized spacial score (nSPS) is 20.2. The Bertz CT molecular complexity index is 406. The summed E-state index contributed by atoms with van der Waals surface area (Å²) in [4.78, 5) is 14.6. The summed E-state index contributed by atoms with van der Waals surface area (Å²) < 4.78 is 5.09. The van der Waals surface area contributed by atoms with Crippen molar-refractivity contribution in [2.24, 2.45) is 0 Å². The van der Waals surface area contributed by atoms with E-state index in [1.54, 1.807) is 6.92 Å². The summed E-state index contributed by atoms with van der Waals surface area (Å²) >= 11 is 0. The van der Waals surface area contributed by atoms with Crippen molar-refractivity contribution in [3.63, 3.8) is 0 Å². The van der Waals surface area contributed by atoms with Gasteiger partial charge < -0.3 is 14.7 Å². The third-order valence-electron chi connectivity index (χ3n) is 3.57. The van der Waals surface area contributed by atoms with Crippen molar-refractivity contribution >= 4 is 5.91 Å². The van der Waals surface area contributed by atoms with E-state index in [1.165, 1.54) is 6.42 Å². The van der Waals surface area contributed by atoms with Crippen LogP contribution in [-0.2, 0) is 0 Å². The molecule has 0 radical (unpaired) electrons. The molecule has 0 aliphatic carbocycles. The maximum atomic E-state index is 12.6. The number of rotatable bonds is 3. The number of likely N-dealkylation sites (tertiary alicyclic amines) is 1. The molecule has 0 aromatic carbocycles. The average Bonchev–Trinajstić information content (AvgIpc) is 2.69. The fourth-order valence-electron chi connectivity index (χ4n) is 2.65. The second kappa shape index (κ2) is 5.52. The van der Waals surface area contributed by atoms with E-state index in [2.05, 4.69) is 10.5 Å². The van der Waals surface area contributed by atoms with Crippen LogP contribution in [0.25, 0.3) is 0 Å². The van der Waals surface area contributed by atoms with Gasteiger partial charge in [0.1, 0.15) is 11.3 Å². The van der Waals surface area contributed by atoms with Gasteiger partial charge in [0, 0.05) is 19.1 Å². The van der Waals surface area contributed by atoms with Crippen LogP contribution in [-0.4, -0.2) is 42.1 Å². The molecule has 2 rings (SSSR count). The van der Waals surface area contributed by atoms with Gasteiger partial charge in [-0.2, -0.15) is 0 Å². The number of hydrogen-bond acceptors (Lipinski definition) is 4. The Labute approximate surface area is 108 Å². The standard InChI is InChI=1S/C13H21N3O2/c1-9-12(10(2)18-15-9)13(17)16-7-5-4-6-11(16)8-14-3/h11,14H,4-8H2,1-3H3. The predicted octanol–water partition coefficient (Wildman–Crippen LogP) is 1.51. The summed E-state index contributed by atoms with van der Waals surface area (Å²) in [6, 6.07) is 0.282. The second-order valence-electron chi connectivity index (χ2n) is 4.91. The van der Waals surface area contributed by atoms with E-state index in [1.807, 2.05) is 18.9 Å². The first-order chi connectivity index (χ1) is 8.65. The van der Waals surface area contributed by atoms with Crippen molar-refractivity contribution in [3.05, 3.63) is 17.0 Å². The Kier molecular flexibility index (Phi) is 4.01. The van der Waals surface area contributed by atoms with Gasteiger partial charge in [-0.3, -0.25) is 4.79 Å². The molecule has 2 heterocycles. The van der Waals surface area contributed by atoms with E-state index in [0.717, 1.165) is 25.9 Å². The van der Waals surface area contributed by atoms with E-state index in [9.17, 15) is 4.79 Å². The molecule has 0 bridgehead atoms. The fraction of sp³-hybridized carbons (Fsp3) is 0.692. The first kappa shape index (κ1) is 13.1. The Morgan fingerprint density at radius 1 is 1.50 bits per heavy atom. The highest BCUT2D eigenvalue weighted by molar-refractivity contribution is 5.96. The highest BCUT2D eigenvalue weighted by Crippen LogP contribution is 2.22. The van der Waals surface area contributed by atoms with Crippen LogP contribution in [0.4, 0.5) is 0 Å². The number of hydrogen-bond donors (Lipinski definition) is 1. The SMILES string of the molecule is CNCC1CCCCN1C(=O)c1c(C)noc1C. The Morgan fingerprint density at radius 3 is 2.89 bits per heavy atom. The van der Waals surface area contributed by atoms with Crippen molar-refractivity contribution < 1.29 is 9.32 Å². The molecule has 1 aliphatic heterocycles. The summed E-state index contributed by atoms with van der Waals surface area (Å²) in [5.74, 6) is 0.678. The number of nitrogens with zero attached hydrogens (tertiary/aromatic N) is 2. The van der Waals surface area contributed by atoms with Crippen molar-refractivity contribution in [2.75, 3.05) is 20.1 Å². The molecule has 1 unspecified atom stereocenters.